The highest BCUT2D eigenvalue weighted by Crippen LogP contribution is 2.50. The summed E-state index contributed by atoms with van der Waals surface area (Å²) in [5, 5.41) is 7.77. The van der Waals surface area contributed by atoms with Gasteiger partial charge < -0.3 is 14.8 Å². The molecular weight excluding hydrogens is 486 g/mol. The standard InChI is InChI=1S/C26H26F2N4O3S/c1-3-34-23-13-21(31-32(23)2)22-11-17-14-36-25(29-24(33)16-7-5-4-6-8-16)30-26(17,15-35-22)19-10-9-18(27)12-20(19)28/h4-10,12-13,17,22H,3,11,14-15H2,1-2H3,(H,29,30,33). The summed E-state index contributed by atoms with van der Waals surface area (Å²) in [6.07, 6.45) is 0.193. The van der Waals surface area contributed by atoms with Crippen LogP contribution in [0, 0.1) is 17.6 Å². The number of halogens is 2. The van der Waals surface area contributed by atoms with Crippen LogP contribution < -0.4 is 10.1 Å². The molecule has 0 radical (unpaired) electrons. The maximum absolute atomic E-state index is 15.1. The number of amidine groups is 1. The molecule has 5 rings (SSSR count). The number of nitrogens with zero attached hydrogens (tertiary/aromatic N) is 3. The molecule has 188 valence electrons. The number of rotatable bonds is 5. The number of amides is 1. The van der Waals surface area contributed by atoms with Crippen molar-refractivity contribution in [3.05, 3.63) is 83.1 Å². The number of carbonyl (C=O) groups is 1. The van der Waals surface area contributed by atoms with E-state index in [2.05, 4.69) is 10.4 Å². The highest BCUT2D eigenvalue weighted by Gasteiger charge is 2.50. The first-order valence-corrected chi connectivity index (χ1v) is 12.7. The minimum atomic E-state index is -1.11. The Bertz CT molecular complexity index is 1300. The van der Waals surface area contributed by atoms with E-state index in [4.69, 9.17) is 14.5 Å². The van der Waals surface area contributed by atoms with Gasteiger partial charge in [0.15, 0.2) is 5.17 Å². The van der Waals surface area contributed by atoms with Crippen LogP contribution in [0.1, 0.15) is 41.1 Å². The van der Waals surface area contributed by atoms with E-state index in [9.17, 15) is 9.18 Å². The van der Waals surface area contributed by atoms with Gasteiger partial charge in [0.05, 0.1) is 18.9 Å². The van der Waals surface area contributed by atoms with Gasteiger partial charge >= 0.3 is 0 Å². The van der Waals surface area contributed by atoms with Crippen molar-refractivity contribution in [2.75, 3.05) is 19.0 Å². The number of hydrogen-bond acceptors (Lipinski definition) is 6. The Morgan fingerprint density at radius 3 is 2.81 bits per heavy atom. The molecule has 0 aliphatic carbocycles. The molecule has 3 heterocycles. The normalized spacial score (nSPS) is 23.5. The largest absolute Gasteiger partial charge is 0.478 e. The smallest absolute Gasteiger partial charge is 0.257 e. The molecule has 1 N–H and O–H groups in total. The van der Waals surface area contributed by atoms with Crippen LogP contribution in [0.15, 0.2) is 59.6 Å². The number of hydrogen-bond donors (Lipinski definition) is 1. The Labute approximate surface area is 211 Å². The van der Waals surface area contributed by atoms with Crippen molar-refractivity contribution in [3.63, 3.8) is 0 Å². The zero-order valence-corrected chi connectivity index (χ0v) is 20.7. The van der Waals surface area contributed by atoms with E-state index in [0.29, 0.717) is 35.4 Å². The Morgan fingerprint density at radius 1 is 1.25 bits per heavy atom. The van der Waals surface area contributed by atoms with Crippen LogP contribution in [0.4, 0.5) is 8.78 Å². The molecule has 2 aliphatic heterocycles. The van der Waals surface area contributed by atoms with Gasteiger partial charge in [-0.1, -0.05) is 36.0 Å². The second-order valence-electron chi connectivity index (χ2n) is 8.79. The molecule has 2 aromatic carbocycles. The summed E-state index contributed by atoms with van der Waals surface area (Å²) in [4.78, 5) is 17.6. The molecule has 7 nitrogen and oxygen atoms in total. The van der Waals surface area contributed by atoms with E-state index in [0.717, 1.165) is 11.8 Å². The molecule has 3 atom stereocenters. The van der Waals surface area contributed by atoms with Gasteiger partial charge in [-0.15, -0.1) is 0 Å². The number of aliphatic imine (C=N–C) groups is 1. The molecule has 3 aromatic rings. The summed E-state index contributed by atoms with van der Waals surface area (Å²) in [5.74, 6) is -0.599. The van der Waals surface area contributed by atoms with Crippen molar-refractivity contribution in [2.45, 2.75) is 25.0 Å². The van der Waals surface area contributed by atoms with Gasteiger partial charge in [-0.2, -0.15) is 5.10 Å². The lowest BCUT2D eigenvalue weighted by Gasteiger charge is -2.46. The van der Waals surface area contributed by atoms with Crippen LogP contribution in [-0.4, -0.2) is 39.8 Å². The monoisotopic (exact) mass is 512 g/mol. The second kappa shape index (κ2) is 10.0. The van der Waals surface area contributed by atoms with E-state index in [-0.39, 0.29) is 30.1 Å². The second-order valence-corrected chi connectivity index (χ2v) is 9.80. The fraction of sp³-hybridized carbons (Fsp3) is 0.346. The topological polar surface area (TPSA) is 77.7 Å². The number of thioether (sulfide) groups is 1. The van der Waals surface area contributed by atoms with Crippen LogP contribution in [0.3, 0.4) is 0 Å². The number of nitrogens with one attached hydrogen (secondary N) is 1. The van der Waals surface area contributed by atoms with Gasteiger partial charge in [-0.25, -0.2) is 18.5 Å². The molecule has 0 saturated carbocycles. The third kappa shape index (κ3) is 4.62. The van der Waals surface area contributed by atoms with Gasteiger partial charge in [-0.05, 0) is 31.5 Å². The molecule has 0 bridgehead atoms. The molecule has 10 heteroatoms. The van der Waals surface area contributed by atoms with Gasteiger partial charge in [0.2, 0.25) is 5.88 Å². The maximum Gasteiger partial charge on any atom is 0.257 e. The molecular formula is C26H26F2N4O3S. The van der Waals surface area contributed by atoms with Crippen LogP contribution in [-0.2, 0) is 17.3 Å². The number of carbonyl (C=O) groups excluding carboxylic acids is 1. The Morgan fingerprint density at radius 2 is 2.06 bits per heavy atom. The van der Waals surface area contributed by atoms with Crippen molar-refractivity contribution in [1.82, 2.24) is 15.1 Å². The predicted molar refractivity (Wildman–Crippen MR) is 133 cm³/mol. The lowest BCUT2D eigenvalue weighted by molar-refractivity contribution is -0.0608. The van der Waals surface area contributed by atoms with Crippen molar-refractivity contribution >= 4 is 22.8 Å². The average molecular weight is 513 g/mol. The third-order valence-electron chi connectivity index (χ3n) is 6.53. The predicted octanol–water partition coefficient (Wildman–Crippen LogP) is 4.60. The van der Waals surface area contributed by atoms with E-state index in [1.165, 1.54) is 23.9 Å². The van der Waals surface area contributed by atoms with Crippen molar-refractivity contribution < 1.29 is 23.0 Å². The van der Waals surface area contributed by atoms with Crippen molar-refractivity contribution in [3.8, 4) is 5.88 Å². The summed E-state index contributed by atoms with van der Waals surface area (Å²) in [7, 11) is 1.80. The van der Waals surface area contributed by atoms with E-state index in [1.54, 1.807) is 36.0 Å². The lowest BCUT2D eigenvalue weighted by atomic mass is 9.74. The summed E-state index contributed by atoms with van der Waals surface area (Å²) in [5.41, 5.74) is 0.350. The minimum Gasteiger partial charge on any atom is -0.478 e. The zero-order chi connectivity index (χ0) is 25.3. The van der Waals surface area contributed by atoms with E-state index < -0.39 is 17.2 Å². The molecule has 2 aliphatic rings. The van der Waals surface area contributed by atoms with Gasteiger partial charge in [-0.3, -0.25) is 4.79 Å². The lowest BCUT2D eigenvalue weighted by Crippen LogP contribution is -2.49. The molecule has 1 aromatic heterocycles. The SMILES string of the molecule is CCOc1cc(C2CC3CSC(NC(=O)c4ccccc4)=NC3(c3ccc(F)cc3F)CO2)nn1C. The highest BCUT2D eigenvalue weighted by molar-refractivity contribution is 8.13. The Balaban J connectivity index is 1.47. The summed E-state index contributed by atoms with van der Waals surface area (Å²) in [6, 6.07) is 14.2. The van der Waals surface area contributed by atoms with Gasteiger partial charge in [0.25, 0.3) is 5.91 Å². The molecule has 1 fully saturated rings. The first-order chi connectivity index (χ1) is 17.4. The van der Waals surface area contributed by atoms with Crippen LogP contribution in [0.25, 0.3) is 0 Å². The third-order valence-corrected chi connectivity index (χ3v) is 7.57. The van der Waals surface area contributed by atoms with Crippen LogP contribution >= 0.6 is 11.8 Å². The van der Waals surface area contributed by atoms with Gasteiger partial charge in [0.1, 0.15) is 23.3 Å². The number of benzene rings is 2. The van der Waals surface area contributed by atoms with E-state index >= 15 is 4.39 Å². The molecule has 1 saturated heterocycles. The van der Waals surface area contributed by atoms with Crippen LogP contribution in [0.2, 0.25) is 0 Å². The fourth-order valence-electron chi connectivity index (χ4n) is 4.73. The number of aryl methyl sites for hydroxylation is 1. The van der Waals surface area contributed by atoms with E-state index in [1.807, 2.05) is 19.1 Å². The maximum atomic E-state index is 15.1. The number of ether oxygens (including phenoxy) is 2. The molecule has 36 heavy (non-hydrogen) atoms. The molecule has 1 amide bonds. The summed E-state index contributed by atoms with van der Waals surface area (Å²) in [6.45, 7) is 2.47. The average Bonchev–Trinajstić information content (AvgIpc) is 3.24. The number of fused-ring (bicyclic) bond motifs is 1. The van der Waals surface area contributed by atoms with Crippen molar-refractivity contribution in [2.24, 2.45) is 18.0 Å². The quantitative estimate of drug-likeness (QED) is 0.541. The molecule has 0 spiro atoms. The Hall–Kier alpha value is -3.24. The van der Waals surface area contributed by atoms with Crippen molar-refractivity contribution in [1.29, 1.82) is 0 Å². The summed E-state index contributed by atoms with van der Waals surface area (Å²) < 4.78 is 42.4. The first-order valence-electron chi connectivity index (χ1n) is 11.7. The zero-order valence-electron chi connectivity index (χ0n) is 19.9. The first kappa shape index (κ1) is 24.5. The van der Waals surface area contributed by atoms with Crippen LogP contribution in [0.5, 0.6) is 5.88 Å². The number of aromatic nitrogens is 2. The fourth-order valence-corrected chi connectivity index (χ4v) is 5.89. The van der Waals surface area contributed by atoms with Gasteiger partial charge in [0, 0.05) is 42.0 Å². The minimum absolute atomic E-state index is 0.0523. The highest BCUT2D eigenvalue weighted by atomic mass is 32.2. The Kier molecular flexibility index (Phi) is 6.81. The molecule has 3 unspecified atom stereocenters. The summed E-state index contributed by atoms with van der Waals surface area (Å²) >= 11 is 1.40.